The second-order valence-electron chi connectivity index (χ2n) is 2.49. The highest BCUT2D eigenvalue weighted by Crippen LogP contribution is 2.09. The van der Waals surface area contributed by atoms with Crippen molar-refractivity contribution in [2.24, 2.45) is 5.73 Å². The zero-order valence-electron chi connectivity index (χ0n) is 6.90. The molecule has 0 saturated carbocycles. The van der Waals surface area contributed by atoms with E-state index in [-0.39, 0.29) is 6.61 Å². The average molecular weight is 163 g/mol. The molecule has 1 rings (SSSR count). The van der Waals surface area contributed by atoms with Crippen molar-refractivity contribution in [3.63, 3.8) is 0 Å². The molecular formula is C10H13NO. The smallest absolute Gasteiger partial charge is 0.0615 e. The second-order valence-corrected chi connectivity index (χ2v) is 2.49. The van der Waals surface area contributed by atoms with E-state index in [4.69, 9.17) is 10.8 Å². The molecule has 0 heterocycles. The Labute approximate surface area is 72.3 Å². The first-order valence-corrected chi connectivity index (χ1v) is 3.94. The molecule has 0 aliphatic heterocycles. The fraction of sp³-hybridized carbons (Fsp3) is 0.200. The van der Waals surface area contributed by atoms with Gasteiger partial charge in [-0.25, -0.2) is 0 Å². The molecule has 12 heavy (non-hydrogen) atoms. The molecule has 0 spiro atoms. The first-order valence-electron chi connectivity index (χ1n) is 3.94. The molecule has 0 bridgehead atoms. The third kappa shape index (κ3) is 2.19. The quantitative estimate of drug-likeness (QED) is 0.702. The summed E-state index contributed by atoms with van der Waals surface area (Å²) in [4.78, 5) is 0. The van der Waals surface area contributed by atoms with Gasteiger partial charge in [0.1, 0.15) is 0 Å². The van der Waals surface area contributed by atoms with Crippen molar-refractivity contribution in [2.75, 3.05) is 6.61 Å². The second kappa shape index (κ2) is 4.70. The summed E-state index contributed by atoms with van der Waals surface area (Å²) in [5, 5.41) is 8.57. The van der Waals surface area contributed by atoms with E-state index in [1.54, 1.807) is 6.08 Å². The van der Waals surface area contributed by atoms with Crippen LogP contribution in [-0.2, 0) is 6.54 Å². The van der Waals surface area contributed by atoms with E-state index in [1.807, 2.05) is 30.3 Å². The van der Waals surface area contributed by atoms with Crippen LogP contribution >= 0.6 is 0 Å². The van der Waals surface area contributed by atoms with Crippen molar-refractivity contribution in [3.8, 4) is 0 Å². The molecule has 64 valence electrons. The summed E-state index contributed by atoms with van der Waals surface area (Å²) in [6, 6.07) is 7.88. The summed E-state index contributed by atoms with van der Waals surface area (Å²) < 4.78 is 0. The molecule has 2 heteroatoms. The summed E-state index contributed by atoms with van der Waals surface area (Å²) in [6.07, 6.45) is 3.58. The highest BCUT2D eigenvalue weighted by molar-refractivity contribution is 5.53. The van der Waals surface area contributed by atoms with Crippen molar-refractivity contribution in [1.29, 1.82) is 0 Å². The number of hydrogen-bond donors (Lipinski definition) is 2. The zero-order chi connectivity index (χ0) is 8.81. The number of nitrogens with two attached hydrogens (primary N) is 1. The van der Waals surface area contributed by atoms with E-state index in [2.05, 4.69) is 0 Å². The van der Waals surface area contributed by atoms with Gasteiger partial charge in [-0.3, -0.25) is 0 Å². The van der Waals surface area contributed by atoms with Crippen LogP contribution in [-0.4, -0.2) is 11.7 Å². The van der Waals surface area contributed by atoms with Gasteiger partial charge < -0.3 is 10.8 Å². The maximum absolute atomic E-state index is 8.57. The minimum Gasteiger partial charge on any atom is -0.392 e. The zero-order valence-corrected chi connectivity index (χ0v) is 6.90. The number of aliphatic hydroxyl groups is 1. The van der Waals surface area contributed by atoms with E-state index < -0.39 is 0 Å². The largest absolute Gasteiger partial charge is 0.392 e. The Hall–Kier alpha value is -1.12. The highest BCUT2D eigenvalue weighted by atomic mass is 16.2. The van der Waals surface area contributed by atoms with Crippen molar-refractivity contribution >= 4 is 6.08 Å². The summed E-state index contributed by atoms with van der Waals surface area (Å²) in [5.74, 6) is 0. The maximum atomic E-state index is 8.57. The van der Waals surface area contributed by atoms with E-state index in [0.717, 1.165) is 11.1 Å². The third-order valence-electron chi connectivity index (χ3n) is 1.68. The lowest BCUT2D eigenvalue weighted by atomic mass is 10.1. The van der Waals surface area contributed by atoms with Gasteiger partial charge in [-0.2, -0.15) is 0 Å². The van der Waals surface area contributed by atoms with Crippen LogP contribution in [0, 0.1) is 0 Å². The van der Waals surface area contributed by atoms with Gasteiger partial charge in [-0.15, -0.1) is 0 Å². The van der Waals surface area contributed by atoms with Crippen molar-refractivity contribution < 1.29 is 5.11 Å². The summed E-state index contributed by atoms with van der Waals surface area (Å²) in [6.45, 7) is 0.602. The summed E-state index contributed by atoms with van der Waals surface area (Å²) in [7, 11) is 0. The number of benzene rings is 1. The number of aliphatic hydroxyl groups excluding tert-OH is 1. The molecule has 0 aromatic heterocycles. The third-order valence-corrected chi connectivity index (χ3v) is 1.68. The minimum atomic E-state index is 0.0684. The van der Waals surface area contributed by atoms with Gasteiger partial charge in [-0.05, 0) is 11.1 Å². The predicted octanol–water partition coefficient (Wildman–Crippen LogP) is 1.15. The summed E-state index contributed by atoms with van der Waals surface area (Å²) in [5.41, 5.74) is 7.70. The fourth-order valence-corrected chi connectivity index (χ4v) is 1.06. The molecule has 0 fully saturated rings. The lowest BCUT2D eigenvalue weighted by Crippen LogP contribution is -1.98. The molecule has 0 aliphatic rings. The number of hydrogen-bond acceptors (Lipinski definition) is 2. The van der Waals surface area contributed by atoms with Crippen LogP contribution in [0.25, 0.3) is 6.08 Å². The highest BCUT2D eigenvalue weighted by Gasteiger charge is 1.93. The molecular weight excluding hydrogens is 150 g/mol. The van der Waals surface area contributed by atoms with Crippen molar-refractivity contribution in [3.05, 3.63) is 41.5 Å². The molecule has 0 saturated heterocycles. The Morgan fingerprint density at radius 1 is 1.33 bits per heavy atom. The first-order chi connectivity index (χ1) is 5.88. The Morgan fingerprint density at radius 3 is 2.75 bits per heavy atom. The Morgan fingerprint density at radius 2 is 2.08 bits per heavy atom. The predicted molar refractivity (Wildman–Crippen MR) is 50.5 cm³/mol. The lowest BCUT2D eigenvalue weighted by Gasteiger charge is -2.00. The van der Waals surface area contributed by atoms with Gasteiger partial charge in [0.05, 0.1) is 6.61 Å². The van der Waals surface area contributed by atoms with Crippen LogP contribution in [0.3, 0.4) is 0 Å². The van der Waals surface area contributed by atoms with Gasteiger partial charge in [0.2, 0.25) is 0 Å². The normalized spacial score (nSPS) is 10.8. The Kier molecular flexibility index (Phi) is 3.51. The van der Waals surface area contributed by atoms with Crippen LogP contribution < -0.4 is 5.73 Å². The molecule has 1 aromatic carbocycles. The number of rotatable bonds is 3. The molecule has 0 radical (unpaired) electrons. The van der Waals surface area contributed by atoms with Crippen LogP contribution in [0.15, 0.2) is 30.3 Å². The topological polar surface area (TPSA) is 46.2 Å². The Bertz CT molecular complexity index is 268. The molecule has 0 amide bonds. The molecule has 0 aliphatic carbocycles. The van der Waals surface area contributed by atoms with Crippen LogP contribution in [0.5, 0.6) is 0 Å². The van der Waals surface area contributed by atoms with E-state index >= 15 is 0 Å². The van der Waals surface area contributed by atoms with E-state index in [9.17, 15) is 0 Å². The molecule has 0 atom stereocenters. The minimum absolute atomic E-state index is 0.0684. The van der Waals surface area contributed by atoms with Gasteiger partial charge in [0, 0.05) is 6.54 Å². The van der Waals surface area contributed by atoms with Crippen molar-refractivity contribution in [1.82, 2.24) is 0 Å². The van der Waals surface area contributed by atoms with Gasteiger partial charge in [0.25, 0.3) is 0 Å². The van der Waals surface area contributed by atoms with Gasteiger partial charge in [0.15, 0.2) is 0 Å². The molecule has 0 unspecified atom stereocenters. The van der Waals surface area contributed by atoms with Crippen LogP contribution in [0.1, 0.15) is 11.1 Å². The van der Waals surface area contributed by atoms with Crippen LogP contribution in [0.2, 0.25) is 0 Å². The lowest BCUT2D eigenvalue weighted by molar-refractivity contribution is 0.343. The first kappa shape index (κ1) is 8.97. The van der Waals surface area contributed by atoms with E-state index in [1.165, 1.54) is 0 Å². The van der Waals surface area contributed by atoms with E-state index in [0.29, 0.717) is 6.54 Å². The van der Waals surface area contributed by atoms with Crippen LogP contribution in [0.4, 0.5) is 0 Å². The molecule has 2 nitrogen and oxygen atoms in total. The van der Waals surface area contributed by atoms with Crippen molar-refractivity contribution in [2.45, 2.75) is 6.54 Å². The van der Waals surface area contributed by atoms with Gasteiger partial charge in [-0.1, -0.05) is 36.4 Å². The molecule has 1 aromatic rings. The Balaban J connectivity index is 2.89. The monoisotopic (exact) mass is 163 g/mol. The maximum Gasteiger partial charge on any atom is 0.0615 e. The SMILES string of the molecule is NCc1ccccc1C=CCO. The standard InChI is InChI=1S/C10H13NO/c11-8-10-5-2-1-4-9(10)6-3-7-12/h1-6,12H,7-8,11H2. The summed E-state index contributed by atoms with van der Waals surface area (Å²) >= 11 is 0. The van der Waals surface area contributed by atoms with Gasteiger partial charge >= 0.3 is 0 Å². The fourth-order valence-electron chi connectivity index (χ4n) is 1.06. The average Bonchev–Trinajstić information content (AvgIpc) is 2.15. The molecule has 3 N–H and O–H groups in total.